The molecule has 144 valence electrons. The molecule has 8 nitrogen and oxygen atoms in total. The number of benzene rings is 1. The van der Waals surface area contributed by atoms with Gasteiger partial charge in [-0.2, -0.15) is 0 Å². The van der Waals surface area contributed by atoms with Gasteiger partial charge in [0, 0.05) is 12.2 Å². The van der Waals surface area contributed by atoms with E-state index in [1.165, 1.54) is 18.3 Å². The second-order valence-corrected chi connectivity index (χ2v) is 8.35. The van der Waals surface area contributed by atoms with Crippen molar-refractivity contribution >= 4 is 33.1 Å². The fraction of sp³-hybridized carbons (Fsp3) is 0.333. The molecule has 27 heavy (non-hydrogen) atoms. The standard InChI is InChI=1S/C18H23N5O3S/c1-23(2)9-3-8-19-17-7-4-14(12-20-17)22-27(25,26)15-5-6-16-13(10-15)11-18(24)21-16/h4-7,10,12,22H,3,8-9,11H2,1-2H3,(H,19,20)(H,21,24). The minimum Gasteiger partial charge on any atom is -0.370 e. The molecule has 2 heterocycles. The number of carbonyl (C=O) groups excluding carboxylic acids is 1. The summed E-state index contributed by atoms with van der Waals surface area (Å²) in [6, 6.07) is 7.99. The van der Waals surface area contributed by atoms with Gasteiger partial charge in [-0.25, -0.2) is 13.4 Å². The summed E-state index contributed by atoms with van der Waals surface area (Å²) >= 11 is 0. The number of fused-ring (bicyclic) bond motifs is 1. The van der Waals surface area contributed by atoms with Crippen LogP contribution in [0.25, 0.3) is 0 Å². The molecule has 0 bridgehead atoms. The minimum absolute atomic E-state index is 0.114. The van der Waals surface area contributed by atoms with Gasteiger partial charge in [0.05, 0.1) is 23.2 Å². The average Bonchev–Trinajstić information content (AvgIpc) is 2.99. The molecule has 1 aliphatic rings. The topological polar surface area (TPSA) is 103 Å². The van der Waals surface area contributed by atoms with Crippen molar-refractivity contribution in [2.45, 2.75) is 17.7 Å². The largest absolute Gasteiger partial charge is 0.370 e. The molecule has 1 aromatic carbocycles. The highest BCUT2D eigenvalue weighted by molar-refractivity contribution is 7.92. The number of nitrogens with zero attached hydrogens (tertiary/aromatic N) is 2. The highest BCUT2D eigenvalue weighted by Crippen LogP contribution is 2.26. The van der Waals surface area contributed by atoms with Crippen molar-refractivity contribution in [1.29, 1.82) is 0 Å². The maximum atomic E-state index is 12.6. The number of carbonyl (C=O) groups is 1. The van der Waals surface area contributed by atoms with Gasteiger partial charge in [-0.05, 0) is 63.0 Å². The summed E-state index contributed by atoms with van der Waals surface area (Å²) in [5.74, 6) is 0.559. The summed E-state index contributed by atoms with van der Waals surface area (Å²) in [5.41, 5.74) is 1.71. The first-order chi connectivity index (χ1) is 12.8. The van der Waals surface area contributed by atoms with E-state index in [0.717, 1.165) is 19.5 Å². The predicted octanol–water partition coefficient (Wildman–Crippen LogP) is 1.74. The average molecular weight is 389 g/mol. The summed E-state index contributed by atoms with van der Waals surface area (Å²) in [7, 11) is 0.294. The van der Waals surface area contributed by atoms with Crippen LogP contribution in [0.5, 0.6) is 0 Å². The van der Waals surface area contributed by atoms with Crippen LogP contribution in [0.2, 0.25) is 0 Å². The minimum atomic E-state index is -3.75. The number of nitrogens with one attached hydrogen (secondary N) is 3. The molecule has 1 amide bonds. The first-order valence-corrected chi connectivity index (χ1v) is 10.1. The summed E-state index contributed by atoms with van der Waals surface area (Å²) < 4.78 is 27.7. The molecular weight excluding hydrogens is 366 g/mol. The zero-order valence-corrected chi connectivity index (χ0v) is 16.1. The molecule has 0 fully saturated rings. The molecule has 0 unspecified atom stereocenters. The third-order valence-electron chi connectivity index (χ3n) is 4.12. The van der Waals surface area contributed by atoms with Gasteiger partial charge < -0.3 is 15.5 Å². The molecule has 2 aromatic rings. The Hall–Kier alpha value is -2.65. The Bertz CT molecular complexity index is 927. The maximum Gasteiger partial charge on any atom is 0.261 e. The molecular formula is C18H23N5O3S. The molecule has 3 N–H and O–H groups in total. The molecule has 0 spiro atoms. The molecule has 0 atom stereocenters. The number of anilines is 3. The molecule has 0 saturated carbocycles. The summed E-state index contributed by atoms with van der Waals surface area (Å²) in [6.45, 7) is 1.77. The Morgan fingerprint density at radius 1 is 1.22 bits per heavy atom. The number of pyridine rings is 1. The molecule has 1 aromatic heterocycles. The second kappa shape index (κ2) is 7.93. The highest BCUT2D eigenvalue weighted by Gasteiger charge is 2.22. The summed E-state index contributed by atoms with van der Waals surface area (Å²) in [6.07, 6.45) is 2.65. The lowest BCUT2D eigenvalue weighted by Gasteiger charge is -2.11. The number of aromatic nitrogens is 1. The van der Waals surface area contributed by atoms with Crippen LogP contribution in [-0.2, 0) is 21.2 Å². The van der Waals surface area contributed by atoms with E-state index in [9.17, 15) is 13.2 Å². The van der Waals surface area contributed by atoms with Crippen LogP contribution in [0.1, 0.15) is 12.0 Å². The van der Waals surface area contributed by atoms with Gasteiger partial charge in [0.15, 0.2) is 0 Å². The van der Waals surface area contributed by atoms with E-state index in [1.54, 1.807) is 18.2 Å². The van der Waals surface area contributed by atoms with Gasteiger partial charge in [-0.15, -0.1) is 0 Å². The maximum absolute atomic E-state index is 12.6. The Balaban J connectivity index is 1.62. The molecule has 3 rings (SSSR count). The molecule has 0 saturated heterocycles. The van der Waals surface area contributed by atoms with Gasteiger partial charge in [-0.1, -0.05) is 0 Å². The Labute approximate surface area is 159 Å². The van der Waals surface area contributed by atoms with Crippen LogP contribution in [0.15, 0.2) is 41.4 Å². The molecule has 0 aliphatic carbocycles. The summed E-state index contributed by atoms with van der Waals surface area (Å²) in [5, 5.41) is 5.89. The zero-order valence-electron chi connectivity index (χ0n) is 15.3. The fourth-order valence-electron chi connectivity index (χ4n) is 2.76. The Kier molecular flexibility index (Phi) is 5.62. The fourth-order valence-corrected chi connectivity index (χ4v) is 3.85. The van der Waals surface area contributed by atoms with Crippen LogP contribution in [0.4, 0.5) is 17.2 Å². The number of sulfonamides is 1. The van der Waals surface area contributed by atoms with E-state index in [-0.39, 0.29) is 17.2 Å². The Morgan fingerprint density at radius 2 is 2.04 bits per heavy atom. The van der Waals surface area contributed by atoms with Crippen molar-refractivity contribution in [1.82, 2.24) is 9.88 Å². The third kappa shape index (κ3) is 4.95. The van der Waals surface area contributed by atoms with Crippen molar-refractivity contribution in [2.24, 2.45) is 0 Å². The van der Waals surface area contributed by atoms with Crippen LogP contribution in [0.3, 0.4) is 0 Å². The Morgan fingerprint density at radius 3 is 2.74 bits per heavy atom. The van der Waals surface area contributed by atoms with Crippen LogP contribution >= 0.6 is 0 Å². The number of hydrogen-bond acceptors (Lipinski definition) is 6. The van der Waals surface area contributed by atoms with Crippen molar-refractivity contribution in [3.8, 4) is 0 Å². The van der Waals surface area contributed by atoms with Gasteiger partial charge in [0.25, 0.3) is 10.0 Å². The van der Waals surface area contributed by atoms with E-state index in [4.69, 9.17) is 0 Å². The van der Waals surface area contributed by atoms with E-state index in [0.29, 0.717) is 22.8 Å². The second-order valence-electron chi connectivity index (χ2n) is 6.67. The van der Waals surface area contributed by atoms with Gasteiger partial charge in [-0.3, -0.25) is 9.52 Å². The van der Waals surface area contributed by atoms with Crippen LogP contribution < -0.4 is 15.4 Å². The lowest BCUT2D eigenvalue weighted by molar-refractivity contribution is -0.115. The zero-order chi connectivity index (χ0) is 19.4. The van der Waals surface area contributed by atoms with Crippen molar-refractivity contribution < 1.29 is 13.2 Å². The number of rotatable bonds is 8. The van der Waals surface area contributed by atoms with E-state index >= 15 is 0 Å². The first-order valence-electron chi connectivity index (χ1n) is 8.64. The molecule has 9 heteroatoms. The van der Waals surface area contributed by atoms with Gasteiger partial charge >= 0.3 is 0 Å². The lowest BCUT2D eigenvalue weighted by Crippen LogP contribution is -2.16. The van der Waals surface area contributed by atoms with E-state index < -0.39 is 10.0 Å². The quantitative estimate of drug-likeness (QED) is 0.594. The third-order valence-corrected chi connectivity index (χ3v) is 5.49. The smallest absolute Gasteiger partial charge is 0.261 e. The predicted molar refractivity (Wildman–Crippen MR) is 105 cm³/mol. The lowest BCUT2D eigenvalue weighted by atomic mass is 10.2. The highest BCUT2D eigenvalue weighted by atomic mass is 32.2. The van der Waals surface area contributed by atoms with E-state index in [1.807, 2.05) is 14.1 Å². The van der Waals surface area contributed by atoms with E-state index in [2.05, 4.69) is 25.2 Å². The first kappa shape index (κ1) is 19.1. The number of amides is 1. The number of hydrogen-bond donors (Lipinski definition) is 3. The molecule has 1 aliphatic heterocycles. The normalized spacial score (nSPS) is 13.4. The summed E-state index contributed by atoms with van der Waals surface area (Å²) in [4.78, 5) is 17.9. The molecule has 0 radical (unpaired) electrons. The van der Waals surface area contributed by atoms with Crippen molar-refractivity contribution in [3.63, 3.8) is 0 Å². The monoisotopic (exact) mass is 389 g/mol. The van der Waals surface area contributed by atoms with Crippen LogP contribution in [0, 0.1) is 0 Å². The van der Waals surface area contributed by atoms with Crippen LogP contribution in [-0.4, -0.2) is 51.4 Å². The van der Waals surface area contributed by atoms with Gasteiger partial charge in [0.2, 0.25) is 5.91 Å². The van der Waals surface area contributed by atoms with Crippen molar-refractivity contribution in [2.75, 3.05) is 42.5 Å². The van der Waals surface area contributed by atoms with Crippen molar-refractivity contribution in [3.05, 3.63) is 42.1 Å². The SMILES string of the molecule is CN(C)CCCNc1ccc(NS(=O)(=O)c2ccc3c(c2)CC(=O)N3)cn1. The van der Waals surface area contributed by atoms with Gasteiger partial charge in [0.1, 0.15) is 5.82 Å².